The zero-order valence-electron chi connectivity index (χ0n) is 10.8. The number of nitrogens with zero attached hydrogens (tertiary/aromatic N) is 2. The van der Waals surface area contributed by atoms with Crippen LogP contribution in [0.3, 0.4) is 0 Å². The summed E-state index contributed by atoms with van der Waals surface area (Å²) in [7, 11) is 0. The molecule has 1 aromatic rings. The third-order valence-corrected chi connectivity index (χ3v) is 3.64. The Labute approximate surface area is 121 Å². The highest BCUT2D eigenvalue weighted by molar-refractivity contribution is 9.10. The van der Waals surface area contributed by atoms with E-state index >= 15 is 0 Å². The standard InChI is InChI=1S/C13H18BrN3O2/c14-11-3-1-4-15-12(11)13(18)16-5-7-17-6-2-9-19-10-8-17/h1,3-4H,2,5-10H2,(H,16,18). The third-order valence-electron chi connectivity index (χ3n) is 3.00. The minimum absolute atomic E-state index is 0.140. The van der Waals surface area contributed by atoms with E-state index in [1.165, 1.54) is 0 Å². The number of aromatic nitrogens is 1. The molecule has 6 heteroatoms. The number of carbonyl (C=O) groups excluding carboxylic acids is 1. The lowest BCUT2D eigenvalue weighted by molar-refractivity contribution is 0.0941. The van der Waals surface area contributed by atoms with Gasteiger partial charge in [0.15, 0.2) is 0 Å². The van der Waals surface area contributed by atoms with Gasteiger partial charge < -0.3 is 10.1 Å². The first kappa shape index (κ1) is 14.4. The summed E-state index contributed by atoms with van der Waals surface area (Å²) in [6, 6.07) is 3.60. The molecule has 1 aliphatic rings. The maximum absolute atomic E-state index is 11.9. The van der Waals surface area contributed by atoms with E-state index in [1.54, 1.807) is 12.3 Å². The van der Waals surface area contributed by atoms with Crippen molar-refractivity contribution in [2.45, 2.75) is 6.42 Å². The molecule has 1 amide bonds. The Hall–Kier alpha value is -0.980. The molecule has 1 aliphatic heterocycles. The second kappa shape index (κ2) is 7.57. The molecule has 1 saturated heterocycles. The quantitative estimate of drug-likeness (QED) is 0.905. The number of hydrogen-bond acceptors (Lipinski definition) is 4. The van der Waals surface area contributed by atoms with Gasteiger partial charge >= 0.3 is 0 Å². The zero-order chi connectivity index (χ0) is 13.5. The van der Waals surface area contributed by atoms with Crippen LogP contribution >= 0.6 is 15.9 Å². The molecule has 5 nitrogen and oxygen atoms in total. The highest BCUT2D eigenvalue weighted by Gasteiger charge is 2.12. The largest absolute Gasteiger partial charge is 0.380 e. The average molecular weight is 328 g/mol. The lowest BCUT2D eigenvalue weighted by atomic mass is 10.3. The van der Waals surface area contributed by atoms with Crippen LogP contribution in [-0.4, -0.2) is 55.2 Å². The van der Waals surface area contributed by atoms with Crippen molar-refractivity contribution in [1.82, 2.24) is 15.2 Å². The van der Waals surface area contributed by atoms with Crippen molar-refractivity contribution in [3.63, 3.8) is 0 Å². The van der Waals surface area contributed by atoms with Gasteiger partial charge in [0.25, 0.3) is 5.91 Å². The smallest absolute Gasteiger partial charge is 0.271 e. The van der Waals surface area contributed by atoms with Crippen molar-refractivity contribution in [1.29, 1.82) is 0 Å². The number of halogens is 1. The molecule has 0 spiro atoms. The molecule has 1 fully saturated rings. The summed E-state index contributed by atoms with van der Waals surface area (Å²) in [5.74, 6) is -0.140. The van der Waals surface area contributed by atoms with E-state index in [0.29, 0.717) is 12.2 Å². The molecule has 104 valence electrons. The molecule has 1 aromatic heterocycles. The number of carbonyl (C=O) groups is 1. The first-order chi connectivity index (χ1) is 9.27. The van der Waals surface area contributed by atoms with E-state index in [9.17, 15) is 4.79 Å². The van der Waals surface area contributed by atoms with E-state index in [2.05, 4.69) is 31.1 Å². The van der Waals surface area contributed by atoms with E-state index in [0.717, 1.165) is 43.7 Å². The van der Waals surface area contributed by atoms with E-state index in [4.69, 9.17) is 4.74 Å². The van der Waals surface area contributed by atoms with Crippen molar-refractivity contribution in [3.8, 4) is 0 Å². The lowest BCUT2D eigenvalue weighted by Gasteiger charge is -2.18. The fourth-order valence-electron chi connectivity index (χ4n) is 1.99. The van der Waals surface area contributed by atoms with Crippen LogP contribution < -0.4 is 5.32 Å². The Morgan fingerprint density at radius 3 is 3.21 bits per heavy atom. The Balaban J connectivity index is 1.76. The zero-order valence-corrected chi connectivity index (χ0v) is 12.4. The van der Waals surface area contributed by atoms with Crippen LogP contribution in [0.5, 0.6) is 0 Å². The molecule has 0 unspecified atom stereocenters. The second-order valence-corrected chi connectivity index (χ2v) is 5.25. The van der Waals surface area contributed by atoms with Crippen molar-refractivity contribution >= 4 is 21.8 Å². The van der Waals surface area contributed by atoms with Gasteiger partial charge in [0.1, 0.15) is 5.69 Å². The molecule has 2 heterocycles. The summed E-state index contributed by atoms with van der Waals surface area (Å²) in [6.45, 7) is 5.05. The Kier molecular flexibility index (Phi) is 5.75. The normalized spacial score (nSPS) is 16.9. The topological polar surface area (TPSA) is 54.5 Å². The number of rotatable bonds is 4. The molecule has 0 radical (unpaired) electrons. The molecular formula is C13H18BrN3O2. The van der Waals surface area contributed by atoms with Crippen LogP contribution in [0, 0.1) is 0 Å². The first-order valence-corrected chi connectivity index (χ1v) is 7.25. The van der Waals surface area contributed by atoms with Crippen LogP contribution in [0.15, 0.2) is 22.8 Å². The number of hydrogen-bond donors (Lipinski definition) is 1. The van der Waals surface area contributed by atoms with Crippen molar-refractivity contribution < 1.29 is 9.53 Å². The predicted octanol–water partition coefficient (Wildman–Crippen LogP) is 1.30. The fourth-order valence-corrected chi connectivity index (χ4v) is 2.42. The van der Waals surface area contributed by atoms with Crippen LogP contribution in [0.4, 0.5) is 0 Å². The molecule has 1 N–H and O–H groups in total. The van der Waals surface area contributed by atoms with Gasteiger partial charge in [0.05, 0.1) is 6.61 Å². The number of pyridine rings is 1. The van der Waals surface area contributed by atoms with Gasteiger partial charge in [-0.3, -0.25) is 9.69 Å². The van der Waals surface area contributed by atoms with Gasteiger partial charge in [-0.1, -0.05) is 0 Å². The van der Waals surface area contributed by atoms with Crippen LogP contribution in [0.1, 0.15) is 16.9 Å². The van der Waals surface area contributed by atoms with E-state index in [1.807, 2.05) is 6.07 Å². The highest BCUT2D eigenvalue weighted by atomic mass is 79.9. The molecule has 0 aliphatic carbocycles. The molecule has 0 aromatic carbocycles. The average Bonchev–Trinajstić information content (AvgIpc) is 2.68. The predicted molar refractivity (Wildman–Crippen MR) is 76.1 cm³/mol. The third kappa shape index (κ3) is 4.56. The maximum Gasteiger partial charge on any atom is 0.271 e. The summed E-state index contributed by atoms with van der Waals surface area (Å²) in [6.07, 6.45) is 2.67. The van der Waals surface area contributed by atoms with Crippen LogP contribution in [0.2, 0.25) is 0 Å². The summed E-state index contributed by atoms with van der Waals surface area (Å²) in [4.78, 5) is 18.3. The SMILES string of the molecule is O=C(NCCN1CCCOCC1)c1ncccc1Br. The molecule has 0 bridgehead atoms. The Morgan fingerprint density at radius 1 is 1.47 bits per heavy atom. The minimum Gasteiger partial charge on any atom is -0.380 e. The minimum atomic E-state index is -0.140. The Morgan fingerprint density at radius 2 is 2.37 bits per heavy atom. The monoisotopic (exact) mass is 327 g/mol. The Bertz CT molecular complexity index is 420. The van der Waals surface area contributed by atoms with Gasteiger partial charge in [-0.25, -0.2) is 4.98 Å². The van der Waals surface area contributed by atoms with Crippen LogP contribution in [0.25, 0.3) is 0 Å². The molecular weight excluding hydrogens is 310 g/mol. The lowest BCUT2D eigenvalue weighted by Crippen LogP contribution is -2.36. The molecule has 19 heavy (non-hydrogen) atoms. The maximum atomic E-state index is 11.9. The molecule has 2 rings (SSSR count). The van der Waals surface area contributed by atoms with E-state index in [-0.39, 0.29) is 5.91 Å². The van der Waals surface area contributed by atoms with Gasteiger partial charge in [0, 0.05) is 43.5 Å². The van der Waals surface area contributed by atoms with E-state index < -0.39 is 0 Å². The van der Waals surface area contributed by atoms with Crippen molar-refractivity contribution in [3.05, 3.63) is 28.5 Å². The van der Waals surface area contributed by atoms with Crippen LogP contribution in [-0.2, 0) is 4.74 Å². The number of ether oxygens (including phenoxy) is 1. The van der Waals surface area contributed by atoms with Gasteiger partial charge in [-0.2, -0.15) is 0 Å². The molecule has 0 saturated carbocycles. The van der Waals surface area contributed by atoms with Gasteiger partial charge in [0.2, 0.25) is 0 Å². The highest BCUT2D eigenvalue weighted by Crippen LogP contribution is 2.12. The summed E-state index contributed by atoms with van der Waals surface area (Å²) < 4.78 is 6.11. The summed E-state index contributed by atoms with van der Waals surface area (Å²) in [5, 5.41) is 2.89. The first-order valence-electron chi connectivity index (χ1n) is 6.46. The number of nitrogens with one attached hydrogen (secondary N) is 1. The van der Waals surface area contributed by atoms with Gasteiger partial charge in [-0.15, -0.1) is 0 Å². The fraction of sp³-hybridized carbons (Fsp3) is 0.538. The molecule has 0 atom stereocenters. The number of amides is 1. The second-order valence-electron chi connectivity index (χ2n) is 4.40. The summed E-state index contributed by atoms with van der Waals surface area (Å²) in [5.41, 5.74) is 0.432. The summed E-state index contributed by atoms with van der Waals surface area (Å²) >= 11 is 3.33. The van der Waals surface area contributed by atoms with Crippen molar-refractivity contribution in [2.24, 2.45) is 0 Å². The van der Waals surface area contributed by atoms with Crippen molar-refractivity contribution in [2.75, 3.05) is 39.4 Å². The van der Waals surface area contributed by atoms with Gasteiger partial charge in [-0.05, 0) is 34.5 Å².